The normalized spacial score (nSPS) is 18.7. The number of aromatic nitrogens is 1. The van der Waals surface area contributed by atoms with Gasteiger partial charge in [0, 0.05) is 37.5 Å². The number of aliphatic hydroxyl groups excluding tert-OH is 1. The van der Waals surface area contributed by atoms with E-state index < -0.39 is 41.0 Å². The number of hydrogen-bond donors (Lipinski definition) is 2. The monoisotopic (exact) mass is 509 g/mol. The predicted octanol–water partition coefficient (Wildman–Crippen LogP) is 2.79. The lowest BCUT2D eigenvalue weighted by Crippen LogP contribution is -2.47. The standard InChI is InChI=1S/C27H25F2N3O5/c28-18-9-8-17(20(29)11-18)12-30-26(35)19-13-32-21-14-31(10-4-7-22(21)33)27(36)23(32)25(24(19)34)37-15-16-5-2-1-3-6-16/h1-3,5-6,8-9,11,13,21-22,33H,4,7,10,12,14-15H2,(H,30,35)/t21?,22-/m0/s1. The van der Waals surface area contributed by atoms with Crippen LogP contribution in [0.15, 0.2) is 59.5 Å². The molecular weight excluding hydrogens is 484 g/mol. The first kappa shape index (κ1) is 24.6. The van der Waals surface area contributed by atoms with Crippen molar-refractivity contribution in [1.82, 2.24) is 14.8 Å². The lowest BCUT2D eigenvalue weighted by atomic mass is 10.0. The highest BCUT2D eigenvalue weighted by Gasteiger charge is 2.40. The molecule has 5 rings (SSSR count). The maximum absolute atomic E-state index is 14.1. The van der Waals surface area contributed by atoms with Crippen LogP contribution in [0.5, 0.6) is 5.75 Å². The summed E-state index contributed by atoms with van der Waals surface area (Å²) in [5.41, 5.74) is -0.324. The van der Waals surface area contributed by atoms with Gasteiger partial charge in [-0.05, 0) is 24.5 Å². The van der Waals surface area contributed by atoms with Gasteiger partial charge in [-0.15, -0.1) is 0 Å². The summed E-state index contributed by atoms with van der Waals surface area (Å²) in [6.45, 7) is 0.362. The van der Waals surface area contributed by atoms with E-state index in [0.29, 0.717) is 25.5 Å². The van der Waals surface area contributed by atoms with Crippen LogP contribution < -0.4 is 15.5 Å². The van der Waals surface area contributed by atoms with Gasteiger partial charge in [0.1, 0.15) is 23.8 Å². The van der Waals surface area contributed by atoms with Crippen LogP contribution in [0.25, 0.3) is 0 Å². The molecule has 3 aromatic rings. The lowest BCUT2D eigenvalue weighted by molar-refractivity contribution is 0.0554. The molecule has 0 aliphatic carbocycles. The maximum atomic E-state index is 14.1. The van der Waals surface area contributed by atoms with E-state index in [-0.39, 0.29) is 42.3 Å². The topological polar surface area (TPSA) is 101 Å². The van der Waals surface area contributed by atoms with Crippen LogP contribution in [0, 0.1) is 11.6 Å². The second-order valence-corrected chi connectivity index (χ2v) is 9.18. The molecule has 3 heterocycles. The van der Waals surface area contributed by atoms with Crippen molar-refractivity contribution in [2.75, 3.05) is 13.1 Å². The Morgan fingerprint density at radius 1 is 1.14 bits per heavy atom. The molecule has 1 saturated heterocycles. The van der Waals surface area contributed by atoms with Crippen LogP contribution >= 0.6 is 0 Å². The number of nitrogens with one attached hydrogen (secondary N) is 1. The molecule has 2 aromatic carbocycles. The van der Waals surface area contributed by atoms with Gasteiger partial charge in [-0.2, -0.15) is 0 Å². The number of nitrogens with zero attached hydrogens (tertiary/aromatic N) is 2. The number of ether oxygens (including phenoxy) is 1. The highest BCUT2D eigenvalue weighted by Crippen LogP contribution is 2.33. The van der Waals surface area contributed by atoms with Gasteiger partial charge in [0.05, 0.1) is 12.1 Å². The molecule has 2 N–H and O–H groups in total. The van der Waals surface area contributed by atoms with Gasteiger partial charge in [-0.3, -0.25) is 14.4 Å². The molecule has 1 fully saturated rings. The molecule has 0 saturated carbocycles. The molecule has 2 bridgehead atoms. The quantitative estimate of drug-likeness (QED) is 0.532. The van der Waals surface area contributed by atoms with Crippen molar-refractivity contribution < 1.29 is 28.2 Å². The molecule has 0 spiro atoms. The third kappa shape index (κ3) is 4.84. The van der Waals surface area contributed by atoms with Crippen LogP contribution in [-0.4, -0.2) is 45.6 Å². The van der Waals surface area contributed by atoms with Gasteiger partial charge in [0.25, 0.3) is 11.8 Å². The fraction of sp³-hybridized carbons (Fsp3) is 0.296. The molecule has 8 nitrogen and oxygen atoms in total. The van der Waals surface area contributed by atoms with Gasteiger partial charge in [-0.25, -0.2) is 8.78 Å². The molecule has 10 heteroatoms. The van der Waals surface area contributed by atoms with Gasteiger partial charge in [-0.1, -0.05) is 36.4 Å². The molecule has 37 heavy (non-hydrogen) atoms. The SMILES string of the molecule is O=C(NCc1ccc(F)cc1F)c1cn2c(c(OCc3ccccc3)c1=O)C(=O)N1CCC[C@H](O)C2C1. The zero-order valence-corrected chi connectivity index (χ0v) is 19.8. The Morgan fingerprint density at radius 3 is 2.68 bits per heavy atom. The summed E-state index contributed by atoms with van der Waals surface area (Å²) < 4.78 is 34.6. The van der Waals surface area contributed by atoms with Crippen molar-refractivity contribution >= 4 is 11.8 Å². The summed E-state index contributed by atoms with van der Waals surface area (Å²) >= 11 is 0. The van der Waals surface area contributed by atoms with E-state index in [4.69, 9.17) is 4.74 Å². The molecule has 2 aliphatic heterocycles. The van der Waals surface area contributed by atoms with Crippen LogP contribution in [0.2, 0.25) is 0 Å². The van der Waals surface area contributed by atoms with Gasteiger partial charge < -0.3 is 24.6 Å². The number of aliphatic hydroxyl groups is 1. The summed E-state index contributed by atoms with van der Waals surface area (Å²) in [7, 11) is 0. The average Bonchev–Trinajstić information content (AvgIpc) is 3.06. The van der Waals surface area contributed by atoms with E-state index in [1.54, 1.807) is 29.2 Å². The van der Waals surface area contributed by atoms with E-state index in [0.717, 1.165) is 11.6 Å². The van der Waals surface area contributed by atoms with Crippen molar-refractivity contribution in [1.29, 1.82) is 0 Å². The Balaban J connectivity index is 1.54. The summed E-state index contributed by atoms with van der Waals surface area (Å²) in [6, 6.07) is 11.4. The molecule has 1 aromatic heterocycles. The Labute approximate surface area is 211 Å². The summed E-state index contributed by atoms with van der Waals surface area (Å²) in [6.07, 6.45) is 1.51. The van der Waals surface area contributed by atoms with Gasteiger partial charge in [0.15, 0.2) is 11.4 Å². The van der Waals surface area contributed by atoms with Crippen LogP contribution in [0.1, 0.15) is 50.9 Å². The first-order chi connectivity index (χ1) is 17.8. The van der Waals surface area contributed by atoms with E-state index in [9.17, 15) is 28.3 Å². The van der Waals surface area contributed by atoms with Crippen molar-refractivity contribution in [2.45, 2.75) is 38.1 Å². The molecular formula is C27H25F2N3O5. The molecule has 192 valence electrons. The number of benzene rings is 2. The number of hydrogen-bond acceptors (Lipinski definition) is 5. The third-order valence-corrected chi connectivity index (χ3v) is 6.74. The van der Waals surface area contributed by atoms with Crippen molar-refractivity contribution in [2.24, 2.45) is 0 Å². The number of halogens is 2. The molecule has 2 atom stereocenters. The maximum Gasteiger partial charge on any atom is 0.274 e. The number of amides is 2. The van der Waals surface area contributed by atoms with E-state index in [1.165, 1.54) is 16.8 Å². The second-order valence-electron chi connectivity index (χ2n) is 9.18. The molecule has 2 aliphatic rings. The fourth-order valence-electron chi connectivity index (χ4n) is 4.77. The minimum absolute atomic E-state index is 0.0146. The molecule has 0 radical (unpaired) electrons. The van der Waals surface area contributed by atoms with Crippen LogP contribution in [0.4, 0.5) is 8.78 Å². The Bertz CT molecular complexity index is 1410. The number of pyridine rings is 1. The first-order valence-corrected chi connectivity index (χ1v) is 12.0. The minimum Gasteiger partial charge on any atom is -0.483 e. The molecule has 1 unspecified atom stereocenters. The Kier molecular flexibility index (Phi) is 6.75. The Morgan fingerprint density at radius 2 is 1.92 bits per heavy atom. The predicted molar refractivity (Wildman–Crippen MR) is 129 cm³/mol. The van der Waals surface area contributed by atoms with Crippen molar-refractivity contribution in [3.05, 3.63) is 99.0 Å². The highest BCUT2D eigenvalue weighted by molar-refractivity contribution is 5.99. The van der Waals surface area contributed by atoms with Crippen LogP contribution in [0.3, 0.4) is 0 Å². The zero-order chi connectivity index (χ0) is 26.1. The summed E-state index contributed by atoms with van der Waals surface area (Å²) in [4.78, 5) is 41.5. The summed E-state index contributed by atoms with van der Waals surface area (Å²) in [5.74, 6) is -3.08. The lowest BCUT2D eigenvalue weighted by Gasteiger charge is -2.36. The van der Waals surface area contributed by atoms with Gasteiger partial charge in [0.2, 0.25) is 5.43 Å². The smallest absolute Gasteiger partial charge is 0.274 e. The molecule has 2 amide bonds. The number of carbonyl (C=O) groups is 2. The number of rotatable bonds is 6. The second kappa shape index (κ2) is 10.1. The van der Waals surface area contributed by atoms with Crippen molar-refractivity contribution in [3.8, 4) is 5.75 Å². The summed E-state index contributed by atoms with van der Waals surface area (Å²) in [5, 5.41) is 13.3. The van der Waals surface area contributed by atoms with Gasteiger partial charge >= 0.3 is 0 Å². The number of fused-ring (bicyclic) bond motifs is 4. The van der Waals surface area contributed by atoms with Crippen LogP contribution in [-0.2, 0) is 13.2 Å². The van der Waals surface area contributed by atoms with Crippen molar-refractivity contribution in [3.63, 3.8) is 0 Å². The highest BCUT2D eigenvalue weighted by atomic mass is 19.1. The number of carbonyl (C=O) groups excluding carboxylic acids is 2. The zero-order valence-electron chi connectivity index (χ0n) is 19.8. The Hall–Kier alpha value is -4.05. The average molecular weight is 510 g/mol. The fourth-order valence-corrected chi connectivity index (χ4v) is 4.77. The minimum atomic E-state index is -0.832. The largest absolute Gasteiger partial charge is 0.483 e. The van der Waals surface area contributed by atoms with E-state index >= 15 is 0 Å². The van der Waals surface area contributed by atoms with E-state index in [2.05, 4.69) is 5.32 Å². The van der Waals surface area contributed by atoms with E-state index in [1.807, 2.05) is 6.07 Å². The third-order valence-electron chi connectivity index (χ3n) is 6.74. The first-order valence-electron chi connectivity index (χ1n) is 12.0.